The van der Waals surface area contributed by atoms with Gasteiger partial charge < -0.3 is 4.74 Å². The Hall–Kier alpha value is -0.570. The highest BCUT2D eigenvalue weighted by atomic mass is 16.5. The van der Waals surface area contributed by atoms with Crippen molar-refractivity contribution in [2.24, 2.45) is 4.99 Å². The van der Waals surface area contributed by atoms with Crippen molar-refractivity contribution in [3.05, 3.63) is 0 Å². The third-order valence-corrected chi connectivity index (χ3v) is 1.75. The molecule has 0 N–H and O–H groups in total. The second kappa shape index (κ2) is 1.70. The molecule has 0 radical (unpaired) electrons. The smallest absolute Gasteiger partial charge is 0.202 e. The first-order chi connectivity index (χ1) is 4.38. The van der Waals surface area contributed by atoms with Crippen LogP contribution in [0, 0.1) is 0 Å². The summed E-state index contributed by atoms with van der Waals surface area (Å²) in [5.74, 6) is 0.956. The summed E-state index contributed by atoms with van der Waals surface area (Å²) in [5.41, 5.74) is 0. The topological polar surface area (TPSA) is 24.6 Å². The molecule has 2 rings (SSSR count). The first-order valence-electron chi connectivity index (χ1n) is 3.25. The first-order valence-corrected chi connectivity index (χ1v) is 3.25. The Morgan fingerprint density at radius 1 is 1.78 bits per heavy atom. The molecule has 3 nitrogen and oxygen atoms in total. The van der Waals surface area contributed by atoms with Gasteiger partial charge in [-0.3, -0.25) is 9.89 Å². The van der Waals surface area contributed by atoms with Gasteiger partial charge >= 0.3 is 0 Å². The van der Waals surface area contributed by atoms with Gasteiger partial charge in [0.15, 0.2) is 0 Å². The van der Waals surface area contributed by atoms with E-state index in [4.69, 9.17) is 4.74 Å². The molecular formula is C6H10N2O. The van der Waals surface area contributed by atoms with E-state index in [1.807, 2.05) is 0 Å². The fraction of sp³-hybridized carbons (Fsp3) is 0.833. The Morgan fingerprint density at radius 2 is 2.56 bits per heavy atom. The van der Waals surface area contributed by atoms with Gasteiger partial charge in [-0.05, 0) is 7.05 Å². The molecule has 2 aliphatic heterocycles. The maximum Gasteiger partial charge on any atom is 0.202 e. The van der Waals surface area contributed by atoms with Crippen LogP contribution in [-0.2, 0) is 4.74 Å². The molecule has 2 heterocycles. The van der Waals surface area contributed by atoms with E-state index in [2.05, 4.69) is 16.9 Å². The van der Waals surface area contributed by atoms with Crippen molar-refractivity contribution >= 4 is 5.90 Å². The summed E-state index contributed by atoms with van der Waals surface area (Å²) >= 11 is 0. The Balaban J connectivity index is 1.98. The third-order valence-electron chi connectivity index (χ3n) is 1.75. The van der Waals surface area contributed by atoms with E-state index >= 15 is 0 Å². The van der Waals surface area contributed by atoms with Gasteiger partial charge in [0.25, 0.3) is 0 Å². The quantitative estimate of drug-likeness (QED) is 0.452. The molecule has 9 heavy (non-hydrogen) atoms. The maximum atomic E-state index is 5.26. The van der Waals surface area contributed by atoms with E-state index in [9.17, 15) is 0 Å². The summed E-state index contributed by atoms with van der Waals surface area (Å²) in [6.45, 7) is 2.78. The van der Waals surface area contributed by atoms with Crippen LogP contribution < -0.4 is 0 Å². The fourth-order valence-electron chi connectivity index (χ4n) is 1.05. The van der Waals surface area contributed by atoms with Crippen molar-refractivity contribution in [3.63, 3.8) is 0 Å². The Morgan fingerprint density at radius 3 is 3.00 bits per heavy atom. The van der Waals surface area contributed by atoms with E-state index < -0.39 is 0 Å². The zero-order valence-corrected chi connectivity index (χ0v) is 5.50. The van der Waals surface area contributed by atoms with Gasteiger partial charge in [0.2, 0.25) is 5.90 Å². The van der Waals surface area contributed by atoms with Crippen LogP contribution in [-0.4, -0.2) is 43.6 Å². The van der Waals surface area contributed by atoms with Crippen LogP contribution in [0.3, 0.4) is 0 Å². The second-order valence-electron chi connectivity index (χ2n) is 2.52. The number of aliphatic imine (C=N–C) groups is 1. The summed E-state index contributed by atoms with van der Waals surface area (Å²) in [6.07, 6.45) is 0. The van der Waals surface area contributed by atoms with Crippen LogP contribution in [0.5, 0.6) is 0 Å². The molecule has 2 unspecified atom stereocenters. The van der Waals surface area contributed by atoms with E-state index in [0.29, 0.717) is 6.04 Å². The Bertz CT molecular complexity index is 155. The summed E-state index contributed by atoms with van der Waals surface area (Å²) in [6, 6.07) is 0.521. The molecular weight excluding hydrogens is 116 g/mol. The number of hydrogen-bond donors (Lipinski definition) is 0. The number of ether oxygens (including phenoxy) is 1. The van der Waals surface area contributed by atoms with Crippen molar-refractivity contribution in [3.8, 4) is 0 Å². The van der Waals surface area contributed by atoms with Crippen LogP contribution in [0.2, 0.25) is 0 Å². The number of nitrogens with zero attached hydrogens (tertiary/aromatic N) is 2. The van der Waals surface area contributed by atoms with E-state index in [1.54, 1.807) is 0 Å². The van der Waals surface area contributed by atoms with Crippen LogP contribution in [0.25, 0.3) is 0 Å². The molecule has 0 spiro atoms. The van der Waals surface area contributed by atoms with Crippen LogP contribution in [0.4, 0.5) is 0 Å². The zero-order chi connectivity index (χ0) is 6.27. The van der Waals surface area contributed by atoms with Gasteiger partial charge in [0, 0.05) is 6.54 Å². The highest BCUT2D eigenvalue weighted by molar-refractivity contribution is 5.85. The van der Waals surface area contributed by atoms with E-state index in [1.165, 1.54) is 0 Å². The molecule has 2 atom stereocenters. The normalized spacial score (nSPS) is 39.9. The lowest BCUT2D eigenvalue weighted by atomic mass is 10.5. The molecule has 0 aromatic rings. The molecule has 0 bridgehead atoms. The average molecular weight is 126 g/mol. The molecule has 1 fully saturated rings. The summed E-state index contributed by atoms with van der Waals surface area (Å²) in [7, 11) is 2.08. The minimum Gasteiger partial charge on any atom is -0.478 e. The third kappa shape index (κ3) is 0.812. The van der Waals surface area contributed by atoms with Crippen LogP contribution in [0.1, 0.15) is 0 Å². The highest BCUT2D eigenvalue weighted by Gasteiger charge is 2.37. The van der Waals surface area contributed by atoms with Crippen molar-refractivity contribution in [1.82, 2.24) is 4.90 Å². The second-order valence-corrected chi connectivity index (χ2v) is 2.52. The largest absolute Gasteiger partial charge is 0.478 e. The van der Waals surface area contributed by atoms with Gasteiger partial charge in [0.1, 0.15) is 6.61 Å². The minimum absolute atomic E-state index is 0.521. The number of rotatable bonds is 1. The lowest BCUT2D eigenvalue weighted by Crippen LogP contribution is -2.10. The van der Waals surface area contributed by atoms with Crippen LogP contribution in [0.15, 0.2) is 4.99 Å². The van der Waals surface area contributed by atoms with Gasteiger partial charge in [-0.2, -0.15) is 0 Å². The molecule has 0 saturated carbocycles. The molecule has 1 saturated heterocycles. The Kier molecular flexibility index (Phi) is 0.990. The predicted octanol–water partition coefficient (Wildman–Crippen LogP) is -0.271. The van der Waals surface area contributed by atoms with Crippen molar-refractivity contribution in [2.45, 2.75) is 6.04 Å². The summed E-state index contributed by atoms with van der Waals surface area (Å²) in [4.78, 5) is 6.41. The fourth-order valence-corrected chi connectivity index (χ4v) is 1.05. The molecule has 3 heteroatoms. The molecule has 0 aromatic carbocycles. The summed E-state index contributed by atoms with van der Waals surface area (Å²) < 4.78 is 5.26. The van der Waals surface area contributed by atoms with Gasteiger partial charge in [-0.1, -0.05) is 0 Å². The SMILES string of the molecule is CN1CC1C1=NCCO1. The minimum atomic E-state index is 0.521. The monoisotopic (exact) mass is 126 g/mol. The van der Waals surface area contributed by atoms with E-state index in [-0.39, 0.29) is 0 Å². The molecule has 0 amide bonds. The van der Waals surface area contributed by atoms with Crippen molar-refractivity contribution in [1.29, 1.82) is 0 Å². The van der Waals surface area contributed by atoms with Crippen LogP contribution >= 0.6 is 0 Å². The lowest BCUT2D eigenvalue weighted by Gasteiger charge is -1.96. The predicted molar refractivity (Wildman–Crippen MR) is 34.7 cm³/mol. The standard InChI is InChI=1S/C6H10N2O/c1-8-4-5(8)6-7-2-3-9-6/h5H,2-4H2,1H3. The highest BCUT2D eigenvalue weighted by Crippen LogP contribution is 2.17. The number of likely N-dealkylation sites (N-methyl/N-ethyl adjacent to an activating group) is 1. The van der Waals surface area contributed by atoms with E-state index in [0.717, 1.165) is 25.6 Å². The van der Waals surface area contributed by atoms with Crippen molar-refractivity contribution in [2.75, 3.05) is 26.7 Å². The summed E-state index contributed by atoms with van der Waals surface area (Å²) in [5, 5.41) is 0. The van der Waals surface area contributed by atoms with Crippen molar-refractivity contribution < 1.29 is 4.74 Å². The molecule has 2 aliphatic rings. The maximum absolute atomic E-state index is 5.26. The first kappa shape index (κ1) is 5.23. The Labute approximate surface area is 54.3 Å². The van der Waals surface area contributed by atoms with Gasteiger partial charge in [-0.25, -0.2) is 0 Å². The average Bonchev–Trinajstić information content (AvgIpc) is 2.44. The lowest BCUT2D eigenvalue weighted by molar-refractivity contribution is 0.336. The van der Waals surface area contributed by atoms with Gasteiger partial charge in [0.05, 0.1) is 12.6 Å². The number of hydrogen-bond acceptors (Lipinski definition) is 3. The van der Waals surface area contributed by atoms with Gasteiger partial charge in [-0.15, -0.1) is 0 Å². The molecule has 50 valence electrons. The molecule has 0 aromatic heterocycles. The zero-order valence-electron chi connectivity index (χ0n) is 5.50. The molecule has 0 aliphatic carbocycles.